The van der Waals surface area contributed by atoms with Gasteiger partial charge < -0.3 is 20.9 Å². The van der Waals surface area contributed by atoms with Gasteiger partial charge in [0.05, 0.1) is 16.5 Å². The number of nitrogens with one attached hydrogen (secondary N) is 3. The number of alkyl halides is 3. The SMILES string of the molecule is CC(=O)Nc1cccc2c1-c1ccccc1C2.CN/C(=C\[N+](=O)[O-])NCCSCc1csc(CN(C)C)n1.Clc1ccc(C(c2ccc(Cl)cc2)C(Cl)(Cl)Cl)cc1. The molecule has 0 atom stereocenters. The van der Waals surface area contributed by atoms with Crippen molar-refractivity contribution >= 4 is 92.7 Å². The number of carbonyl (C=O) groups excluding carboxylic acids is 1. The number of hydrogen-bond donors (Lipinski definition) is 3. The largest absolute Gasteiger partial charge is 0.370 e. The van der Waals surface area contributed by atoms with Crippen LogP contribution in [0.25, 0.3) is 11.1 Å². The Bertz CT molecular complexity index is 2060. The first-order valence-corrected chi connectivity index (χ1v) is 21.5. The van der Waals surface area contributed by atoms with E-state index in [4.69, 9.17) is 58.0 Å². The van der Waals surface area contributed by atoms with E-state index in [1.165, 1.54) is 22.3 Å². The van der Waals surface area contributed by atoms with E-state index in [0.29, 0.717) is 22.4 Å². The number of nitrogens with zero attached hydrogens (tertiary/aromatic N) is 3. The normalized spacial score (nSPS) is 11.8. The molecule has 0 saturated carbocycles. The van der Waals surface area contributed by atoms with Gasteiger partial charge in [-0.1, -0.05) is 119 Å². The van der Waals surface area contributed by atoms with Crippen LogP contribution < -0.4 is 16.0 Å². The van der Waals surface area contributed by atoms with Gasteiger partial charge in [-0.2, -0.15) is 11.8 Å². The minimum absolute atomic E-state index is 0.0252. The van der Waals surface area contributed by atoms with Crippen LogP contribution >= 0.6 is 81.1 Å². The number of thiazole rings is 1. The van der Waals surface area contributed by atoms with Gasteiger partial charge >= 0.3 is 0 Å². The molecule has 57 heavy (non-hydrogen) atoms. The van der Waals surface area contributed by atoms with E-state index in [-0.39, 0.29) is 11.8 Å². The van der Waals surface area contributed by atoms with Crippen molar-refractivity contribution in [2.24, 2.45) is 0 Å². The summed E-state index contributed by atoms with van der Waals surface area (Å²) in [5.74, 6) is 1.73. The molecule has 1 aliphatic carbocycles. The molecular weight excluding hydrogens is 866 g/mol. The minimum atomic E-state index is -1.46. The van der Waals surface area contributed by atoms with Gasteiger partial charge in [0.2, 0.25) is 9.70 Å². The Labute approximate surface area is 367 Å². The molecular formula is C41H43Cl5N6O3S2. The lowest BCUT2D eigenvalue weighted by Gasteiger charge is -2.25. The van der Waals surface area contributed by atoms with Crippen LogP contribution in [0, 0.1) is 10.1 Å². The van der Waals surface area contributed by atoms with Crippen LogP contribution in [0.5, 0.6) is 0 Å². The fourth-order valence-corrected chi connectivity index (χ4v) is 8.63. The lowest BCUT2D eigenvalue weighted by atomic mass is 9.92. The maximum atomic E-state index is 11.2. The number of amides is 1. The zero-order chi connectivity index (χ0) is 41.5. The van der Waals surface area contributed by atoms with E-state index in [0.717, 1.165) is 58.2 Å². The minimum Gasteiger partial charge on any atom is -0.370 e. The zero-order valence-electron chi connectivity index (χ0n) is 31.7. The number of rotatable bonds is 13. The number of thioether (sulfide) groups is 1. The predicted molar refractivity (Wildman–Crippen MR) is 242 cm³/mol. The highest BCUT2D eigenvalue weighted by Crippen LogP contribution is 2.46. The average molecular weight is 909 g/mol. The molecule has 1 aromatic heterocycles. The van der Waals surface area contributed by atoms with E-state index in [1.54, 1.807) is 61.3 Å². The van der Waals surface area contributed by atoms with Crippen molar-refractivity contribution in [3.05, 3.63) is 162 Å². The first kappa shape index (κ1) is 46.2. The van der Waals surface area contributed by atoms with Gasteiger partial charge in [-0.3, -0.25) is 14.9 Å². The van der Waals surface area contributed by atoms with Gasteiger partial charge in [0.25, 0.3) is 6.20 Å². The van der Waals surface area contributed by atoms with Crippen LogP contribution in [0.1, 0.15) is 45.8 Å². The first-order chi connectivity index (χ1) is 27.1. The molecule has 3 N–H and O–H groups in total. The number of anilines is 1. The molecule has 0 fully saturated rings. The smallest absolute Gasteiger partial charge is 0.274 e. The number of aromatic nitrogens is 1. The van der Waals surface area contributed by atoms with Crippen LogP contribution in [0.15, 0.2) is 108 Å². The molecule has 5 aromatic rings. The molecule has 0 bridgehead atoms. The topological polar surface area (TPSA) is 112 Å². The second-order valence-corrected chi connectivity index (χ2v) is 18.3. The third-order valence-corrected chi connectivity index (χ3v) is 11.3. The van der Waals surface area contributed by atoms with E-state index in [2.05, 4.69) is 55.5 Å². The van der Waals surface area contributed by atoms with E-state index in [9.17, 15) is 14.9 Å². The van der Waals surface area contributed by atoms with Gasteiger partial charge in [0.1, 0.15) is 5.01 Å². The van der Waals surface area contributed by atoms with Crippen molar-refractivity contribution in [1.29, 1.82) is 0 Å². The maximum absolute atomic E-state index is 11.2. The Morgan fingerprint density at radius 3 is 2.14 bits per heavy atom. The van der Waals surface area contributed by atoms with Crippen molar-refractivity contribution in [1.82, 2.24) is 20.5 Å². The Balaban J connectivity index is 0.000000190. The van der Waals surface area contributed by atoms with Gasteiger partial charge in [-0.05, 0) is 78.7 Å². The van der Waals surface area contributed by atoms with Gasteiger partial charge in [-0.25, -0.2) is 4.98 Å². The van der Waals surface area contributed by atoms with Gasteiger partial charge in [0.15, 0.2) is 5.82 Å². The molecule has 6 rings (SSSR count). The predicted octanol–water partition coefficient (Wildman–Crippen LogP) is 11.0. The highest BCUT2D eigenvalue weighted by Gasteiger charge is 2.35. The molecule has 16 heteroatoms. The summed E-state index contributed by atoms with van der Waals surface area (Å²) in [6, 6.07) is 28.9. The third-order valence-electron chi connectivity index (χ3n) is 8.23. The lowest BCUT2D eigenvalue weighted by molar-refractivity contribution is -0.404. The summed E-state index contributed by atoms with van der Waals surface area (Å²) in [6.45, 7) is 3.08. The monoisotopic (exact) mass is 906 g/mol. The quantitative estimate of drug-likeness (QED) is 0.0455. The zero-order valence-corrected chi connectivity index (χ0v) is 37.1. The van der Waals surface area contributed by atoms with E-state index >= 15 is 0 Å². The summed E-state index contributed by atoms with van der Waals surface area (Å²) in [7, 11) is 5.70. The Kier molecular flexibility index (Phi) is 18.3. The average Bonchev–Trinajstić information content (AvgIpc) is 3.76. The summed E-state index contributed by atoms with van der Waals surface area (Å²) in [5.41, 5.74) is 8.82. The fraction of sp³-hybridized carbons (Fsp3) is 0.268. The van der Waals surface area contributed by atoms with Crippen LogP contribution in [0.2, 0.25) is 10.0 Å². The molecule has 0 aliphatic heterocycles. The second-order valence-electron chi connectivity index (χ2n) is 13.0. The molecule has 9 nitrogen and oxygen atoms in total. The van der Waals surface area contributed by atoms with Gasteiger partial charge in [-0.15, -0.1) is 11.3 Å². The molecule has 0 spiro atoms. The molecule has 1 heterocycles. The van der Waals surface area contributed by atoms with Crippen molar-refractivity contribution < 1.29 is 9.72 Å². The fourth-order valence-electron chi connectivity index (χ4n) is 5.86. The Morgan fingerprint density at radius 1 is 0.965 bits per heavy atom. The van der Waals surface area contributed by atoms with Crippen molar-refractivity contribution in [2.75, 3.05) is 38.8 Å². The summed E-state index contributed by atoms with van der Waals surface area (Å²) >= 11 is 33.5. The highest BCUT2D eigenvalue weighted by molar-refractivity contribution is 7.98. The highest BCUT2D eigenvalue weighted by atomic mass is 35.6. The standard InChI is InChI=1S/C15H13NO.C14H9Cl5.C12H21N5O2S2/c1-10(17)16-14-8-4-6-12-9-11-5-2-3-7-13(11)15(12)14;15-11-5-1-9(2-6-11)13(14(17,18)19)10-3-7-12(16)8-4-10;1-13-11(6-17(18)19)14-4-5-20-8-10-9-21-12(15-10)7-16(2)3/h2-8H,9H2,1H3,(H,16,17);1-8,13H;6,9,13-14H,4-5,7-8H2,1-3H3/b;;11-6+. The number of fused-ring (bicyclic) bond motifs is 3. The summed E-state index contributed by atoms with van der Waals surface area (Å²) in [6.07, 6.45) is 1.89. The number of carbonyl (C=O) groups is 1. The second kappa shape index (κ2) is 22.6. The van der Waals surface area contributed by atoms with Crippen LogP contribution in [-0.4, -0.2) is 57.9 Å². The van der Waals surface area contributed by atoms with Gasteiger partial charge in [0, 0.05) is 65.2 Å². The molecule has 302 valence electrons. The van der Waals surface area contributed by atoms with Crippen LogP contribution in [0.3, 0.4) is 0 Å². The van der Waals surface area contributed by atoms with Crippen molar-refractivity contribution in [2.45, 2.75) is 35.4 Å². The number of benzene rings is 4. The lowest BCUT2D eigenvalue weighted by Crippen LogP contribution is -2.26. The number of halogens is 5. The van der Waals surface area contributed by atoms with Crippen LogP contribution in [-0.2, 0) is 23.5 Å². The summed E-state index contributed by atoms with van der Waals surface area (Å²) in [5, 5.41) is 23.5. The maximum Gasteiger partial charge on any atom is 0.274 e. The summed E-state index contributed by atoms with van der Waals surface area (Å²) in [4.78, 5) is 27.7. The molecule has 4 aromatic carbocycles. The summed E-state index contributed by atoms with van der Waals surface area (Å²) < 4.78 is -1.46. The van der Waals surface area contributed by atoms with E-state index in [1.807, 2.05) is 56.6 Å². The molecule has 0 unspecified atom stereocenters. The van der Waals surface area contributed by atoms with Crippen LogP contribution in [0.4, 0.5) is 5.69 Å². The molecule has 0 radical (unpaired) electrons. The number of hydrogen-bond acceptors (Lipinski definition) is 9. The third kappa shape index (κ3) is 15.0. The molecule has 0 saturated heterocycles. The Hall–Kier alpha value is -3.52. The Morgan fingerprint density at radius 2 is 1.58 bits per heavy atom. The number of nitro groups is 1. The van der Waals surface area contributed by atoms with Crippen molar-refractivity contribution in [3.8, 4) is 11.1 Å². The van der Waals surface area contributed by atoms with Crippen molar-refractivity contribution in [3.63, 3.8) is 0 Å². The van der Waals surface area contributed by atoms with E-state index < -0.39 is 8.72 Å². The first-order valence-electron chi connectivity index (χ1n) is 17.6. The molecule has 1 aliphatic rings. The molecule has 1 amide bonds.